The molecule has 0 aliphatic rings. The number of nitrogens with one attached hydrogen (secondary N) is 2. The molecule has 0 aliphatic heterocycles. The zero-order valence-electron chi connectivity index (χ0n) is 12.6. The predicted octanol–water partition coefficient (Wildman–Crippen LogP) is 0.787. The Hall–Kier alpha value is -2.44. The molecule has 2 rings (SSSR count). The minimum atomic E-state index is -0.112. The minimum Gasteiger partial charge on any atom is -0.373 e. The van der Waals surface area contributed by atoms with Crippen LogP contribution in [0.25, 0.3) is 0 Å². The summed E-state index contributed by atoms with van der Waals surface area (Å²) in [6, 6.07) is 3.56. The number of aromatic nitrogens is 4. The maximum absolute atomic E-state index is 12.2. The van der Waals surface area contributed by atoms with Crippen molar-refractivity contribution in [2.45, 2.75) is 19.8 Å². The minimum absolute atomic E-state index is 0.112. The molecule has 0 aromatic carbocycles. The van der Waals surface area contributed by atoms with E-state index in [4.69, 9.17) is 0 Å². The van der Waals surface area contributed by atoms with E-state index in [1.54, 1.807) is 24.1 Å². The van der Waals surface area contributed by atoms with Crippen LogP contribution in [0.2, 0.25) is 0 Å². The van der Waals surface area contributed by atoms with E-state index < -0.39 is 0 Å². The number of aryl methyl sites for hydroxylation is 2. The second-order valence-corrected chi connectivity index (χ2v) is 4.68. The summed E-state index contributed by atoms with van der Waals surface area (Å²) >= 11 is 0. The van der Waals surface area contributed by atoms with Gasteiger partial charge in [-0.3, -0.25) is 9.48 Å². The van der Waals surface area contributed by atoms with Crippen molar-refractivity contribution in [3.8, 4) is 0 Å². The molecule has 112 valence electrons. The van der Waals surface area contributed by atoms with Gasteiger partial charge in [0.25, 0.3) is 5.91 Å². The van der Waals surface area contributed by atoms with E-state index in [0.717, 1.165) is 17.9 Å². The Kier molecular flexibility index (Phi) is 4.86. The number of anilines is 1. The highest BCUT2D eigenvalue weighted by Crippen LogP contribution is 2.10. The summed E-state index contributed by atoms with van der Waals surface area (Å²) in [7, 11) is 3.60. The lowest BCUT2D eigenvalue weighted by Crippen LogP contribution is -2.26. The molecular formula is C14H20N6O. The van der Waals surface area contributed by atoms with Gasteiger partial charge in [0.15, 0.2) is 5.82 Å². The van der Waals surface area contributed by atoms with Gasteiger partial charge >= 0.3 is 0 Å². The molecule has 0 bridgehead atoms. The van der Waals surface area contributed by atoms with Crippen molar-refractivity contribution in [1.82, 2.24) is 25.1 Å². The second kappa shape index (κ2) is 6.83. The number of nitrogens with zero attached hydrogens (tertiary/aromatic N) is 4. The summed E-state index contributed by atoms with van der Waals surface area (Å²) in [5.41, 5.74) is 1.50. The van der Waals surface area contributed by atoms with Crippen molar-refractivity contribution in [1.29, 1.82) is 0 Å². The van der Waals surface area contributed by atoms with Gasteiger partial charge in [-0.15, -0.1) is 0 Å². The van der Waals surface area contributed by atoms with Crippen LogP contribution in [0.5, 0.6) is 0 Å². The molecule has 2 N–H and O–H groups in total. The molecule has 2 aromatic heterocycles. The van der Waals surface area contributed by atoms with Crippen LogP contribution in [-0.2, 0) is 19.9 Å². The van der Waals surface area contributed by atoms with Gasteiger partial charge in [0.2, 0.25) is 0 Å². The van der Waals surface area contributed by atoms with Crippen molar-refractivity contribution in [2.75, 3.05) is 18.9 Å². The molecule has 2 aromatic rings. The van der Waals surface area contributed by atoms with E-state index in [2.05, 4.69) is 25.7 Å². The van der Waals surface area contributed by atoms with Gasteiger partial charge in [-0.25, -0.2) is 9.97 Å². The molecule has 21 heavy (non-hydrogen) atoms. The van der Waals surface area contributed by atoms with E-state index in [9.17, 15) is 4.79 Å². The van der Waals surface area contributed by atoms with Gasteiger partial charge in [0.1, 0.15) is 12.1 Å². The highest BCUT2D eigenvalue weighted by atomic mass is 16.1. The van der Waals surface area contributed by atoms with Gasteiger partial charge in [0, 0.05) is 38.3 Å². The standard InChI is InChI=1S/C14H20N6O/c1-4-11-7-10(8-13(15-2)18-11)14(21)16-6-5-12-17-9-20(3)19-12/h7-9H,4-6H2,1-3H3,(H,15,18)(H,16,21). The largest absolute Gasteiger partial charge is 0.373 e. The molecule has 0 unspecified atom stereocenters. The van der Waals surface area contributed by atoms with Crippen LogP contribution in [0.15, 0.2) is 18.5 Å². The molecule has 0 fully saturated rings. The zero-order chi connectivity index (χ0) is 15.2. The van der Waals surface area contributed by atoms with Gasteiger partial charge in [-0.05, 0) is 18.6 Å². The Morgan fingerprint density at radius 1 is 1.38 bits per heavy atom. The number of hydrogen-bond acceptors (Lipinski definition) is 5. The molecule has 7 nitrogen and oxygen atoms in total. The lowest BCUT2D eigenvalue weighted by Gasteiger charge is -2.08. The first-order chi connectivity index (χ1) is 10.1. The van der Waals surface area contributed by atoms with Crippen LogP contribution in [0.3, 0.4) is 0 Å². The number of carbonyl (C=O) groups excluding carboxylic acids is 1. The summed E-state index contributed by atoms with van der Waals surface area (Å²) in [5, 5.41) is 10.0. The van der Waals surface area contributed by atoms with E-state index >= 15 is 0 Å². The van der Waals surface area contributed by atoms with E-state index in [0.29, 0.717) is 24.3 Å². The SMILES string of the molecule is CCc1cc(C(=O)NCCc2ncn(C)n2)cc(NC)n1. The van der Waals surface area contributed by atoms with E-state index in [1.165, 1.54) is 0 Å². The third-order valence-electron chi connectivity index (χ3n) is 3.04. The van der Waals surface area contributed by atoms with Gasteiger partial charge < -0.3 is 10.6 Å². The Morgan fingerprint density at radius 2 is 2.19 bits per heavy atom. The Balaban J connectivity index is 1.96. The van der Waals surface area contributed by atoms with Crippen LogP contribution in [0.4, 0.5) is 5.82 Å². The van der Waals surface area contributed by atoms with Crippen LogP contribution in [0, 0.1) is 0 Å². The lowest BCUT2D eigenvalue weighted by molar-refractivity contribution is 0.0954. The maximum Gasteiger partial charge on any atom is 0.251 e. The number of carbonyl (C=O) groups is 1. The second-order valence-electron chi connectivity index (χ2n) is 4.68. The summed E-state index contributed by atoms with van der Waals surface area (Å²) in [6.45, 7) is 2.51. The summed E-state index contributed by atoms with van der Waals surface area (Å²) < 4.78 is 1.65. The first-order valence-electron chi connectivity index (χ1n) is 6.93. The maximum atomic E-state index is 12.2. The third kappa shape index (κ3) is 4.01. The highest BCUT2D eigenvalue weighted by molar-refractivity contribution is 5.95. The number of amides is 1. The summed E-state index contributed by atoms with van der Waals surface area (Å²) in [4.78, 5) is 20.7. The molecule has 2 heterocycles. The fraction of sp³-hybridized carbons (Fsp3) is 0.429. The Morgan fingerprint density at radius 3 is 2.81 bits per heavy atom. The molecule has 0 saturated carbocycles. The molecule has 0 atom stereocenters. The average Bonchev–Trinajstić information content (AvgIpc) is 2.92. The first-order valence-corrected chi connectivity index (χ1v) is 6.93. The van der Waals surface area contributed by atoms with Gasteiger partial charge in [-0.2, -0.15) is 5.10 Å². The molecule has 0 saturated heterocycles. The van der Waals surface area contributed by atoms with Crippen LogP contribution >= 0.6 is 0 Å². The molecule has 7 heteroatoms. The quantitative estimate of drug-likeness (QED) is 0.821. The third-order valence-corrected chi connectivity index (χ3v) is 3.04. The van der Waals surface area contributed by atoms with Gasteiger partial charge in [-0.1, -0.05) is 6.92 Å². The van der Waals surface area contributed by atoms with Crippen LogP contribution in [-0.4, -0.2) is 39.2 Å². The molecule has 1 amide bonds. The summed E-state index contributed by atoms with van der Waals surface area (Å²) in [6.07, 6.45) is 3.04. The number of hydrogen-bond donors (Lipinski definition) is 2. The normalized spacial score (nSPS) is 10.4. The summed E-state index contributed by atoms with van der Waals surface area (Å²) in [5.74, 6) is 1.31. The predicted molar refractivity (Wildman–Crippen MR) is 80.2 cm³/mol. The average molecular weight is 288 g/mol. The monoisotopic (exact) mass is 288 g/mol. The van der Waals surface area contributed by atoms with Crippen molar-refractivity contribution >= 4 is 11.7 Å². The zero-order valence-corrected chi connectivity index (χ0v) is 12.6. The van der Waals surface area contributed by atoms with Gasteiger partial charge in [0.05, 0.1) is 0 Å². The van der Waals surface area contributed by atoms with Crippen molar-refractivity contribution in [3.63, 3.8) is 0 Å². The van der Waals surface area contributed by atoms with Crippen LogP contribution in [0.1, 0.15) is 28.8 Å². The smallest absolute Gasteiger partial charge is 0.251 e. The fourth-order valence-corrected chi connectivity index (χ4v) is 1.92. The first kappa shape index (κ1) is 15.0. The topological polar surface area (TPSA) is 84.7 Å². The van der Waals surface area contributed by atoms with Crippen molar-refractivity contribution in [3.05, 3.63) is 35.5 Å². The van der Waals surface area contributed by atoms with E-state index in [1.807, 2.05) is 20.0 Å². The molecule has 0 aliphatic carbocycles. The fourth-order valence-electron chi connectivity index (χ4n) is 1.92. The molecule has 0 spiro atoms. The number of pyridine rings is 1. The van der Waals surface area contributed by atoms with Crippen molar-refractivity contribution < 1.29 is 4.79 Å². The molecular weight excluding hydrogens is 268 g/mol. The molecule has 0 radical (unpaired) electrons. The highest BCUT2D eigenvalue weighted by Gasteiger charge is 2.09. The van der Waals surface area contributed by atoms with Crippen LogP contribution < -0.4 is 10.6 Å². The van der Waals surface area contributed by atoms with E-state index in [-0.39, 0.29) is 5.91 Å². The Labute approximate surface area is 123 Å². The number of rotatable bonds is 6. The van der Waals surface area contributed by atoms with Crippen molar-refractivity contribution in [2.24, 2.45) is 7.05 Å². The Bertz CT molecular complexity index is 599. The lowest BCUT2D eigenvalue weighted by atomic mass is 10.2.